The number of hydrogen-bond donors (Lipinski definition) is 0. The average Bonchev–Trinajstić information content (AvgIpc) is 2.98. The first-order chi connectivity index (χ1) is 10.2. The normalized spacial score (nSPS) is 12.1. The molecule has 6 heteroatoms. The van der Waals surface area contributed by atoms with Crippen molar-refractivity contribution in [3.05, 3.63) is 60.4 Å². The highest BCUT2D eigenvalue weighted by molar-refractivity contribution is 6.20. The average molecular weight is 301 g/mol. The molecule has 106 valence electrons. The molecule has 0 aliphatic heterocycles. The molecule has 1 heterocycles. The van der Waals surface area contributed by atoms with Crippen molar-refractivity contribution < 1.29 is 4.74 Å². The molecule has 0 saturated carbocycles. The molecule has 21 heavy (non-hydrogen) atoms. The van der Waals surface area contributed by atoms with E-state index in [4.69, 9.17) is 16.3 Å². The monoisotopic (exact) mass is 300 g/mol. The number of nitrogens with zero attached hydrogens (tertiary/aromatic N) is 4. The van der Waals surface area contributed by atoms with Gasteiger partial charge in [-0.2, -0.15) is 4.68 Å². The van der Waals surface area contributed by atoms with Crippen LogP contribution in [-0.4, -0.2) is 20.2 Å². The molecule has 0 radical (unpaired) electrons. The van der Waals surface area contributed by atoms with E-state index in [2.05, 4.69) is 15.5 Å². The van der Waals surface area contributed by atoms with Crippen LogP contribution in [0, 0.1) is 0 Å². The number of para-hydroxylation sites is 1. The van der Waals surface area contributed by atoms with Crippen molar-refractivity contribution in [2.75, 3.05) is 0 Å². The molecule has 0 fully saturated rings. The predicted octanol–water partition coefficient (Wildman–Crippen LogP) is 3.75. The van der Waals surface area contributed by atoms with Crippen LogP contribution in [-0.2, 0) is 0 Å². The predicted molar refractivity (Wildman–Crippen MR) is 79.9 cm³/mol. The van der Waals surface area contributed by atoms with Crippen molar-refractivity contribution in [1.29, 1.82) is 0 Å². The van der Waals surface area contributed by atoms with E-state index >= 15 is 0 Å². The van der Waals surface area contributed by atoms with Gasteiger partial charge in [0.2, 0.25) is 0 Å². The second-order valence-electron chi connectivity index (χ2n) is 4.48. The maximum atomic E-state index is 6.07. The standard InChI is InChI=1S/C15H13ClN4O/c1-11(16)15-17-18-19-20(15)12-6-5-9-14(10-12)21-13-7-3-2-4-8-13/h2-11H,1H3. The smallest absolute Gasteiger partial charge is 0.174 e. The lowest BCUT2D eigenvalue weighted by atomic mass is 10.3. The second-order valence-corrected chi connectivity index (χ2v) is 5.13. The number of alkyl halides is 1. The molecule has 5 nitrogen and oxygen atoms in total. The molecule has 0 saturated heterocycles. The molecule has 1 aromatic heterocycles. The summed E-state index contributed by atoms with van der Waals surface area (Å²) >= 11 is 6.07. The van der Waals surface area contributed by atoms with Crippen LogP contribution in [0.2, 0.25) is 0 Å². The van der Waals surface area contributed by atoms with Gasteiger partial charge in [-0.15, -0.1) is 16.7 Å². The highest BCUT2D eigenvalue weighted by Crippen LogP contribution is 2.25. The van der Waals surface area contributed by atoms with Crippen molar-refractivity contribution >= 4 is 11.6 Å². The molecular weight excluding hydrogens is 288 g/mol. The zero-order valence-electron chi connectivity index (χ0n) is 11.3. The van der Waals surface area contributed by atoms with Crippen molar-refractivity contribution in [2.24, 2.45) is 0 Å². The van der Waals surface area contributed by atoms with Crippen LogP contribution in [0.4, 0.5) is 0 Å². The summed E-state index contributed by atoms with van der Waals surface area (Å²) in [6.07, 6.45) is 0. The Bertz CT molecular complexity index is 727. The Labute approximate surface area is 127 Å². The van der Waals surface area contributed by atoms with E-state index in [1.165, 1.54) is 0 Å². The van der Waals surface area contributed by atoms with Crippen LogP contribution in [0.1, 0.15) is 18.1 Å². The molecule has 0 aliphatic rings. The zero-order valence-corrected chi connectivity index (χ0v) is 12.1. The van der Waals surface area contributed by atoms with E-state index in [9.17, 15) is 0 Å². The zero-order chi connectivity index (χ0) is 14.7. The van der Waals surface area contributed by atoms with Crippen molar-refractivity contribution in [1.82, 2.24) is 20.2 Å². The van der Waals surface area contributed by atoms with Gasteiger partial charge in [0.1, 0.15) is 11.5 Å². The fourth-order valence-corrected chi connectivity index (χ4v) is 2.07. The van der Waals surface area contributed by atoms with Crippen LogP contribution in [0.5, 0.6) is 11.5 Å². The number of halogens is 1. The topological polar surface area (TPSA) is 52.8 Å². The summed E-state index contributed by atoms with van der Waals surface area (Å²) in [6.45, 7) is 1.83. The summed E-state index contributed by atoms with van der Waals surface area (Å²) in [5.74, 6) is 2.08. The Morgan fingerprint density at radius 3 is 2.57 bits per heavy atom. The number of aromatic nitrogens is 4. The van der Waals surface area contributed by atoms with Gasteiger partial charge in [0.05, 0.1) is 11.1 Å². The Kier molecular flexibility index (Phi) is 3.83. The molecule has 0 aliphatic carbocycles. The van der Waals surface area contributed by atoms with Gasteiger partial charge in [0, 0.05) is 6.07 Å². The largest absolute Gasteiger partial charge is 0.457 e. The van der Waals surface area contributed by atoms with Gasteiger partial charge in [-0.1, -0.05) is 24.3 Å². The van der Waals surface area contributed by atoms with Crippen LogP contribution in [0.15, 0.2) is 54.6 Å². The van der Waals surface area contributed by atoms with Crippen LogP contribution < -0.4 is 4.74 Å². The van der Waals surface area contributed by atoms with E-state index in [0.717, 1.165) is 11.4 Å². The summed E-state index contributed by atoms with van der Waals surface area (Å²) in [7, 11) is 0. The summed E-state index contributed by atoms with van der Waals surface area (Å²) < 4.78 is 7.41. The maximum Gasteiger partial charge on any atom is 0.174 e. The Balaban J connectivity index is 1.91. The van der Waals surface area contributed by atoms with Gasteiger partial charge in [-0.05, 0) is 41.6 Å². The third kappa shape index (κ3) is 3.03. The van der Waals surface area contributed by atoms with Crippen molar-refractivity contribution in [2.45, 2.75) is 12.3 Å². The maximum absolute atomic E-state index is 6.07. The summed E-state index contributed by atoms with van der Waals surface area (Å²) in [5.41, 5.74) is 0.802. The first kappa shape index (κ1) is 13.6. The summed E-state index contributed by atoms with van der Waals surface area (Å²) in [4.78, 5) is 0. The van der Waals surface area contributed by atoms with E-state index in [0.29, 0.717) is 11.6 Å². The molecule has 1 atom stereocenters. The molecular formula is C15H13ClN4O. The minimum atomic E-state index is -0.279. The lowest BCUT2D eigenvalue weighted by Crippen LogP contribution is -2.03. The van der Waals surface area contributed by atoms with Crippen LogP contribution >= 0.6 is 11.6 Å². The van der Waals surface area contributed by atoms with Gasteiger partial charge < -0.3 is 4.74 Å². The second kappa shape index (κ2) is 5.93. The first-order valence-corrected chi connectivity index (χ1v) is 6.93. The minimum absolute atomic E-state index is 0.279. The van der Waals surface area contributed by atoms with Gasteiger partial charge in [-0.25, -0.2) is 0 Å². The molecule has 3 rings (SSSR count). The number of rotatable bonds is 4. The number of tetrazole rings is 1. The lowest BCUT2D eigenvalue weighted by molar-refractivity contribution is 0.482. The Hall–Kier alpha value is -2.40. The third-order valence-electron chi connectivity index (χ3n) is 2.89. The Morgan fingerprint density at radius 1 is 1.05 bits per heavy atom. The number of ether oxygens (including phenoxy) is 1. The molecule has 0 bridgehead atoms. The fraction of sp³-hybridized carbons (Fsp3) is 0.133. The fourth-order valence-electron chi connectivity index (χ4n) is 1.93. The highest BCUT2D eigenvalue weighted by atomic mass is 35.5. The summed E-state index contributed by atoms with van der Waals surface area (Å²) in [6, 6.07) is 17.1. The van der Waals surface area contributed by atoms with Gasteiger partial charge in [-0.3, -0.25) is 0 Å². The summed E-state index contributed by atoms with van der Waals surface area (Å²) in [5, 5.41) is 11.3. The van der Waals surface area contributed by atoms with Gasteiger partial charge in [0.25, 0.3) is 0 Å². The molecule has 2 aromatic carbocycles. The van der Waals surface area contributed by atoms with Gasteiger partial charge in [0.15, 0.2) is 5.82 Å². The lowest BCUT2D eigenvalue weighted by Gasteiger charge is -2.09. The molecule has 0 spiro atoms. The Morgan fingerprint density at radius 2 is 1.81 bits per heavy atom. The van der Waals surface area contributed by atoms with Gasteiger partial charge >= 0.3 is 0 Å². The van der Waals surface area contributed by atoms with Crippen LogP contribution in [0.3, 0.4) is 0 Å². The first-order valence-electron chi connectivity index (χ1n) is 6.50. The van der Waals surface area contributed by atoms with E-state index in [-0.39, 0.29) is 5.38 Å². The highest BCUT2D eigenvalue weighted by Gasteiger charge is 2.13. The van der Waals surface area contributed by atoms with Crippen molar-refractivity contribution in [3.8, 4) is 17.2 Å². The quantitative estimate of drug-likeness (QED) is 0.689. The van der Waals surface area contributed by atoms with Crippen LogP contribution in [0.25, 0.3) is 5.69 Å². The minimum Gasteiger partial charge on any atom is -0.457 e. The molecule has 0 N–H and O–H groups in total. The van der Waals surface area contributed by atoms with Crippen molar-refractivity contribution in [3.63, 3.8) is 0 Å². The molecule has 3 aromatic rings. The SMILES string of the molecule is CC(Cl)c1nnnn1-c1cccc(Oc2ccccc2)c1. The third-order valence-corrected chi connectivity index (χ3v) is 3.09. The molecule has 1 unspecified atom stereocenters. The van der Waals surface area contributed by atoms with E-state index < -0.39 is 0 Å². The number of hydrogen-bond acceptors (Lipinski definition) is 4. The molecule has 0 amide bonds. The van der Waals surface area contributed by atoms with E-state index in [1.807, 2.05) is 61.5 Å². The number of benzene rings is 2. The van der Waals surface area contributed by atoms with E-state index in [1.54, 1.807) is 4.68 Å².